The van der Waals surface area contributed by atoms with Gasteiger partial charge >= 0.3 is 0 Å². The summed E-state index contributed by atoms with van der Waals surface area (Å²) in [6.07, 6.45) is 2.56. The molecule has 2 rings (SSSR count). The number of hydrogen-bond donors (Lipinski definition) is 0. The lowest BCUT2D eigenvalue weighted by Crippen LogP contribution is -1.91. The first kappa shape index (κ1) is 9.28. The molecule has 1 heterocycles. The molecule has 1 fully saturated rings. The lowest BCUT2D eigenvalue weighted by atomic mass is 10.3. The average Bonchev–Trinajstić information content (AvgIpc) is 2.52. The minimum absolute atomic E-state index is 0.0361. The standard InChI is InChI=1S/C8H10Cl2N2O/c1-2-3-6-11-7(13-12-6)5-4-8(5,9)10/h5H,2-4H2,1H3. The largest absolute Gasteiger partial charge is 0.339 e. The van der Waals surface area contributed by atoms with Crippen molar-refractivity contribution in [2.75, 3.05) is 0 Å². The summed E-state index contributed by atoms with van der Waals surface area (Å²) in [6, 6.07) is 0. The van der Waals surface area contributed by atoms with E-state index in [0.717, 1.165) is 18.7 Å². The van der Waals surface area contributed by atoms with E-state index in [-0.39, 0.29) is 5.92 Å². The van der Waals surface area contributed by atoms with Gasteiger partial charge in [-0.1, -0.05) is 12.1 Å². The predicted octanol–water partition coefficient (Wildman–Crippen LogP) is 2.68. The van der Waals surface area contributed by atoms with Crippen LogP contribution in [0.2, 0.25) is 0 Å². The Kier molecular flexibility index (Phi) is 2.24. The maximum absolute atomic E-state index is 5.87. The summed E-state index contributed by atoms with van der Waals surface area (Å²) in [4.78, 5) is 4.21. The number of hydrogen-bond acceptors (Lipinski definition) is 3. The van der Waals surface area contributed by atoms with Crippen LogP contribution in [0, 0.1) is 0 Å². The fourth-order valence-corrected chi connectivity index (χ4v) is 1.71. The molecular formula is C8H10Cl2N2O. The van der Waals surface area contributed by atoms with E-state index in [2.05, 4.69) is 17.1 Å². The van der Waals surface area contributed by atoms with Crippen LogP contribution in [0.25, 0.3) is 0 Å². The van der Waals surface area contributed by atoms with Gasteiger partial charge in [0.15, 0.2) is 5.82 Å². The smallest absolute Gasteiger partial charge is 0.232 e. The predicted molar refractivity (Wildman–Crippen MR) is 50.1 cm³/mol. The van der Waals surface area contributed by atoms with E-state index in [0.29, 0.717) is 12.3 Å². The van der Waals surface area contributed by atoms with Gasteiger partial charge in [0.05, 0.1) is 5.92 Å². The molecule has 0 aromatic carbocycles. The summed E-state index contributed by atoms with van der Waals surface area (Å²) < 4.78 is 4.38. The van der Waals surface area contributed by atoms with Crippen molar-refractivity contribution in [1.29, 1.82) is 0 Å². The number of halogens is 2. The van der Waals surface area contributed by atoms with Gasteiger partial charge in [0.2, 0.25) is 5.89 Å². The molecule has 1 aromatic heterocycles. The fourth-order valence-electron chi connectivity index (χ4n) is 1.22. The molecule has 13 heavy (non-hydrogen) atoms. The van der Waals surface area contributed by atoms with E-state index in [1.54, 1.807) is 0 Å². The monoisotopic (exact) mass is 220 g/mol. The zero-order chi connectivity index (χ0) is 9.47. The van der Waals surface area contributed by atoms with Crippen molar-refractivity contribution < 1.29 is 4.52 Å². The Morgan fingerprint density at radius 1 is 1.62 bits per heavy atom. The molecule has 72 valence electrons. The van der Waals surface area contributed by atoms with Crippen molar-refractivity contribution in [3.63, 3.8) is 0 Å². The summed E-state index contributed by atoms with van der Waals surface area (Å²) in [6.45, 7) is 2.07. The molecule has 1 aromatic rings. The normalized spacial score (nSPS) is 24.7. The second-order valence-corrected chi connectivity index (χ2v) is 4.86. The maximum atomic E-state index is 5.87. The number of aryl methyl sites for hydroxylation is 1. The first-order valence-corrected chi connectivity index (χ1v) is 5.09. The Labute approximate surface area is 86.4 Å². The van der Waals surface area contributed by atoms with Crippen molar-refractivity contribution >= 4 is 23.2 Å². The van der Waals surface area contributed by atoms with E-state index in [1.807, 2.05) is 0 Å². The third-order valence-corrected chi connectivity index (χ3v) is 2.92. The molecule has 1 aliphatic carbocycles. The summed E-state index contributed by atoms with van der Waals surface area (Å²) in [5.74, 6) is 1.36. The van der Waals surface area contributed by atoms with Crippen LogP contribution in [-0.4, -0.2) is 14.5 Å². The number of alkyl halides is 2. The third kappa shape index (κ3) is 1.81. The molecule has 0 N–H and O–H groups in total. The first-order valence-electron chi connectivity index (χ1n) is 4.34. The quantitative estimate of drug-likeness (QED) is 0.736. The molecule has 1 saturated carbocycles. The molecule has 1 aliphatic rings. The Bertz CT molecular complexity index is 311. The highest BCUT2D eigenvalue weighted by Crippen LogP contribution is 2.58. The molecule has 3 nitrogen and oxygen atoms in total. The molecule has 1 unspecified atom stereocenters. The van der Waals surface area contributed by atoms with Crippen LogP contribution in [0.5, 0.6) is 0 Å². The van der Waals surface area contributed by atoms with Gasteiger partial charge in [-0.25, -0.2) is 0 Å². The van der Waals surface area contributed by atoms with E-state index in [9.17, 15) is 0 Å². The highest BCUT2D eigenvalue weighted by Gasteiger charge is 2.56. The van der Waals surface area contributed by atoms with Gasteiger partial charge in [-0.2, -0.15) is 4.98 Å². The third-order valence-electron chi connectivity index (χ3n) is 2.08. The van der Waals surface area contributed by atoms with Crippen LogP contribution in [0.15, 0.2) is 4.52 Å². The van der Waals surface area contributed by atoms with E-state index < -0.39 is 4.33 Å². The zero-order valence-corrected chi connectivity index (χ0v) is 8.77. The number of nitrogens with zero attached hydrogens (tertiary/aromatic N) is 2. The molecule has 0 saturated heterocycles. The molecule has 5 heteroatoms. The fraction of sp³-hybridized carbons (Fsp3) is 0.750. The zero-order valence-electron chi connectivity index (χ0n) is 7.26. The van der Waals surface area contributed by atoms with E-state index in [4.69, 9.17) is 27.7 Å². The molecule has 0 radical (unpaired) electrons. The van der Waals surface area contributed by atoms with Gasteiger partial charge in [-0.15, -0.1) is 23.2 Å². The second-order valence-electron chi connectivity index (χ2n) is 3.32. The van der Waals surface area contributed by atoms with Crippen molar-refractivity contribution in [2.45, 2.75) is 36.4 Å². The lowest BCUT2D eigenvalue weighted by Gasteiger charge is -1.90. The van der Waals surface area contributed by atoms with Crippen molar-refractivity contribution in [1.82, 2.24) is 10.1 Å². The summed E-state index contributed by atoms with van der Waals surface area (Å²) >= 11 is 11.7. The number of rotatable bonds is 3. The van der Waals surface area contributed by atoms with Crippen LogP contribution in [0.3, 0.4) is 0 Å². The average molecular weight is 221 g/mol. The molecule has 0 bridgehead atoms. The van der Waals surface area contributed by atoms with Crippen molar-refractivity contribution in [2.24, 2.45) is 0 Å². The van der Waals surface area contributed by atoms with Gasteiger partial charge < -0.3 is 4.52 Å². The Morgan fingerprint density at radius 2 is 2.31 bits per heavy atom. The Morgan fingerprint density at radius 3 is 2.85 bits per heavy atom. The summed E-state index contributed by atoms with van der Waals surface area (Å²) in [5.41, 5.74) is 0. The van der Waals surface area contributed by atoms with Gasteiger partial charge in [0.1, 0.15) is 4.33 Å². The summed E-state index contributed by atoms with van der Waals surface area (Å²) in [7, 11) is 0. The molecule has 0 aliphatic heterocycles. The number of aromatic nitrogens is 2. The second kappa shape index (κ2) is 3.14. The van der Waals surface area contributed by atoms with Crippen molar-refractivity contribution in [3.8, 4) is 0 Å². The van der Waals surface area contributed by atoms with Gasteiger partial charge in [0, 0.05) is 6.42 Å². The summed E-state index contributed by atoms with van der Waals surface area (Å²) in [5, 5.41) is 3.83. The molecule has 1 atom stereocenters. The SMILES string of the molecule is CCCc1noc(C2CC2(Cl)Cl)n1. The molecule has 0 spiro atoms. The van der Waals surface area contributed by atoms with Crippen molar-refractivity contribution in [3.05, 3.63) is 11.7 Å². The molecule has 0 amide bonds. The highest BCUT2D eigenvalue weighted by molar-refractivity contribution is 6.51. The first-order chi connectivity index (χ1) is 6.13. The Hall–Kier alpha value is -0.280. The van der Waals surface area contributed by atoms with E-state index in [1.165, 1.54) is 0 Å². The van der Waals surface area contributed by atoms with Crippen LogP contribution in [0.4, 0.5) is 0 Å². The Balaban J connectivity index is 2.07. The van der Waals surface area contributed by atoms with E-state index >= 15 is 0 Å². The maximum Gasteiger partial charge on any atom is 0.232 e. The van der Waals surface area contributed by atoms with Crippen LogP contribution in [-0.2, 0) is 6.42 Å². The van der Waals surface area contributed by atoms with Gasteiger partial charge in [0.25, 0.3) is 0 Å². The van der Waals surface area contributed by atoms with Crippen LogP contribution < -0.4 is 0 Å². The highest BCUT2D eigenvalue weighted by atomic mass is 35.5. The van der Waals surface area contributed by atoms with Crippen LogP contribution in [0.1, 0.15) is 37.4 Å². The van der Waals surface area contributed by atoms with Gasteiger partial charge in [-0.05, 0) is 12.8 Å². The lowest BCUT2D eigenvalue weighted by molar-refractivity contribution is 0.373. The van der Waals surface area contributed by atoms with Gasteiger partial charge in [-0.3, -0.25) is 0 Å². The molecular weight excluding hydrogens is 211 g/mol. The van der Waals surface area contributed by atoms with Crippen LogP contribution >= 0.6 is 23.2 Å². The minimum Gasteiger partial charge on any atom is -0.339 e. The topological polar surface area (TPSA) is 38.9 Å². The minimum atomic E-state index is -0.671.